The van der Waals surface area contributed by atoms with Crippen molar-refractivity contribution in [2.24, 2.45) is 0 Å². The Kier molecular flexibility index (Phi) is 5.24. The predicted octanol–water partition coefficient (Wildman–Crippen LogP) is 2.47. The summed E-state index contributed by atoms with van der Waals surface area (Å²) in [7, 11) is 0. The van der Waals surface area contributed by atoms with Crippen LogP contribution in [0.1, 0.15) is 13.8 Å². The molecule has 0 aliphatic carbocycles. The molecule has 5 nitrogen and oxygen atoms in total. The molecule has 1 aromatic carbocycles. The van der Waals surface area contributed by atoms with Gasteiger partial charge in [-0.15, -0.1) is 11.8 Å². The van der Waals surface area contributed by atoms with Crippen molar-refractivity contribution in [1.82, 2.24) is 0 Å². The van der Waals surface area contributed by atoms with E-state index in [1.54, 1.807) is 25.1 Å². The summed E-state index contributed by atoms with van der Waals surface area (Å²) in [5, 5.41) is 19.9. The van der Waals surface area contributed by atoms with Gasteiger partial charge in [-0.3, -0.25) is 10.1 Å². The highest BCUT2D eigenvalue weighted by molar-refractivity contribution is 8.00. The quantitative estimate of drug-likeness (QED) is 0.481. The highest BCUT2D eigenvalue weighted by Crippen LogP contribution is 2.38. The molecule has 0 heterocycles. The van der Waals surface area contributed by atoms with E-state index in [1.165, 1.54) is 11.8 Å². The van der Waals surface area contributed by atoms with Gasteiger partial charge in [-0.25, -0.2) is 0 Å². The number of nitrogens with zero attached hydrogens (tertiary/aromatic N) is 1. The van der Waals surface area contributed by atoms with E-state index in [1.807, 2.05) is 6.92 Å². The van der Waals surface area contributed by atoms with Crippen molar-refractivity contribution < 1.29 is 14.8 Å². The molecule has 0 saturated carbocycles. The lowest BCUT2D eigenvalue weighted by Crippen LogP contribution is -2.04. The highest BCUT2D eigenvalue weighted by atomic mass is 32.2. The van der Waals surface area contributed by atoms with Gasteiger partial charge in [-0.1, -0.05) is 13.0 Å². The molecule has 94 valence electrons. The Bertz CT molecular complexity index is 397. The summed E-state index contributed by atoms with van der Waals surface area (Å²) < 4.78 is 5.24. The molecular formula is C11H15NO4S. The van der Waals surface area contributed by atoms with Crippen LogP contribution >= 0.6 is 11.8 Å². The van der Waals surface area contributed by atoms with Crippen LogP contribution in [0.2, 0.25) is 0 Å². The second kappa shape index (κ2) is 6.46. The van der Waals surface area contributed by atoms with Crippen LogP contribution in [0, 0.1) is 10.1 Å². The van der Waals surface area contributed by atoms with Gasteiger partial charge >= 0.3 is 5.69 Å². The third-order valence-electron chi connectivity index (χ3n) is 2.03. The normalized spacial score (nSPS) is 12.2. The van der Waals surface area contributed by atoms with Crippen LogP contribution in [-0.2, 0) is 0 Å². The number of hydrogen-bond donors (Lipinski definition) is 1. The highest BCUT2D eigenvalue weighted by Gasteiger charge is 2.22. The molecule has 1 unspecified atom stereocenters. The minimum atomic E-state index is -0.447. The molecule has 1 aromatic rings. The fourth-order valence-corrected chi connectivity index (χ4v) is 2.26. The molecule has 0 spiro atoms. The summed E-state index contributed by atoms with van der Waals surface area (Å²) >= 11 is 1.27. The van der Waals surface area contributed by atoms with Crippen LogP contribution in [0.15, 0.2) is 23.1 Å². The minimum absolute atomic E-state index is 0.0271. The predicted molar refractivity (Wildman–Crippen MR) is 66.7 cm³/mol. The lowest BCUT2D eigenvalue weighted by molar-refractivity contribution is -0.388. The molecule has 0 aliphatic rings. The maximum absolute atomic E-state index is 11.0. The van der Waals surface area contributed by atoms with Crippen LogP contribution < -0.4 is 4.74 Å². The molecule has 0 saturated heterocycles. The molecular weight excluding hydrogens is 242 g/mol. The van der Waals surface area contributed by atoms with Crippen molar-refractivity contribution in [2.75, 3.05) is 13.2 Å². The standard InChI is InChI=1S/C11H15NO4S/c1-3-16-9-5-4-6-10(11(9)12(14)15)17-8(2)7-13/h4-6,8,13H,3,7H2,1-2H3. The fourth-order valence-electron chi connectivity index (χ4n) is 1.30. The first-order valence-electron chi connectivity index (χ1n) is 5.27. The smallest absolute Gasteiger partial charge is 0.324 e. The van der Waals surface area contributed by atoms with Crippen LogP contribution in [0.3, 0.4) is 0 Å². The Balaban J connectivity index is 3.10. The summed E-state index contributed by atoms with van der Waals surface area (Å²) in [5.41, 5.74) is -0.0281. The fraction of sp³-hybridized carbons (Fsp3) is 0.455. The molecule has 0 radical (unpaired) electrons. The van der Waals surface area contributed by atoms with E-state index < -0.39 is 4.92 Å². The molecule has 0 aliphatic heterocycles. The average Bonchev–Trinajstić information content (AvgIpc) is 2.29. The Morgan fingerprint density at radius 3 is 2.82 bits per heavy atom. The summed E-state index contributed by atoms with van der Waals surface area (Å²) in [6.07, 6.45) is 0. The maximum Gasteiger partial charge on any atom is 0.324 e. The topological polar surface area (TPSA) is 72.6 Å². The molecule has 0 aromatic heterocycles. The van der Waals surface area contributed by atoms with E-state index >= 15 is 0 Å². The van der Waals surface area contributed by atoms with Gasteiger partial charge in [0.05, 0.1) is 23.0 Å². The van der Waals surface area contributed by atoms with Crippen molar-refractivity contribution in [1.29, 1.82) is 0 Å². The molecule has 0 bridgehead atoms. The average molecular weight is 257 g/mol. The SMILES string of the molecule is CCOc1cccc(SC(C)CO)c1[N+](=O)[O-]. The van der Waals surface area contributed by atoms with E-state index in [4.69, 9.17) is 9.84 Å². The van der Waals surface area contributed by atoms with Gasteiger partial charge in [-0.2, -0.15) is 0 Å². The summed E-state index contributed by atoms with van der Waals surface area (Å²) in [4.78, 5) is 11.1. The number of benzene rings is 1. The molecule has 0 fully saturated rings. The molecule has 17 heavy (non-hydrogen) atoms. The zero-order valence-corrected chi connectivity index (χ0v) is 10.6. The number of rotatable bonds is 6. The van der Waals surface area contributed by atoms with Gasteiger partial charge in [-0.05, 0) is 19.1 Å². The first-order valence-corrected chi connectivity index (χ1v) is 6.15. The van der Waals surface area contributed by atoms with E-state index in [0.717, 1.165) is 0 Å². The number of nitro groups is 1. The summed E-state index contributed by atoms with van der Waals surface area (Å²) in [6.45, 7) is 3.94. The number of aliphatic hydroxyl groups excluding tert-OH is 1. The Morgan fingerprint density at radius 2 is 2.29 bits per heavy atom. The second-order valence-corrected chi connectivity index (χ2v) is 4.88. The molecule has 1 atom stereocenters. The number of aliphatic hydroxyl groups is 1. The van der Waals surface area contributed by atoms with Gasteiger partial charge in [0.1, 0.15) is 0 Å². The van der Waals surface area contributed by atoms with Crippen LogP contribution in [0.5, 0.6) is 5.75 Å². The molecule has 0 amide bonds. The third kappa shape index (κ3) is 3.61. The van der Waals surface area contributed by atoms with Crippen LogP contribution in [-0.4, -0.2) is 28.5 Å². The third-order valence-corrected chi connectivity index (χ3v) is 3.16. The summed E-state index contributed by atoms with van der Waals surface area (Å²) in [5.74, 6) is 0.271. The van der Waals surface area contributed by atoms with Crippen molar-refractivity contribution in [2.45, 2.75) is 24.0 Å². The van der Waals surface area contributed by atoms with Gasteiger partial charge < -0.3 is 9.84 Å². The number of para-hydroxylation sites is 1. The first kappa shape index (κ1) is 13.8. The van der Waals surface area contributed by atoms with Crippen molar-refractivity contribution in [3.05, 3.63) is 28.3 Å². The van der Waals surface area contributed by atoms with Gasteiger partial charge in [0.25, 0.3) is 0 Å². The van der Waals surface area contributed by atoms with E-state index in [9.17, 15) is 10.1 Å². The van der Waals surface area contributed by atoms with E-state index in [2.05, 4.69) is 0 Å². The minimum Gasteiger partial charge on any atom is -0.487 e. The number of hydrogen-bond acceptors (Lipinski definition) is 5. The Hall–Kier alpha value is -1.27. The molecule has 1 N–H and O–H groups in total. The lowest BCUT2D eigenvalue weighted by atomic mass is 10.3. The number of ether oxygens (including phenoxy) is 1. The van der Waals surface area contributed by atoms with E-state index in [0.29, 0.717) is 11.5 Å². The molecule has 6 heteroatoms. The first-order chi connectivity index (χ1) is 8.10. The van der Waals surface area contributed by atoms with Crippen molar-refractivity contribution >= 4 is 17.4 Å². The van der Waals surface area contributed by atoms with Crippen molar-refractivity contribution in [3.8, 4) is 5.75 Å². The maximum atomic E-state index is 11.0. The zero-order chi connectivity index (χ0) is 12.8. The Morgan fingerprint density at radius 1 is 1.59 bits per heavy atom. The summed E-state index contributed by atoms with van der Waals surface area (Å²) in [6, 6.07) is 4.96. The van der Waals surface area contributed by atoms with Crippen LogP contribution in [0.4, 0.5) is 5.69 Å². The Labute approximate surface area is 104 Å². The zero-order valence-electron chi connectivity index (χ0n) is 9.75. The largest absolute Gasteiger partial charge is 0.487 e. The number of thioether (sulfide) groups is 1. The van der Waals surface area contributed by atoms with Gasteiger partial charge in [0.15, 0.2) is 5.75 Å². The van der Waals surface area contributed by atoms with Crippen molar-refractivity contribution in [3.63, 3.8) is 0 Å². The van der Waals surface area contributed by atoms with Gasteiger partial charge in [0, 0.05) is 5.25 Å². The monoisotopic (exact) mass is 257 g/mol. The lowest BCUT2D eigenvalue weighted by Gasteiger charge is -2.10. The van der Waals surface area contributed by atoms with Gasteiger partial charge in [0.2, 0.25) is 0 Å². The molecule has 1 rings (SSSR count). The van der Waals surface area contributed by atoms with Crippen LogP contribution in [0.25, 0.3) is 0 Å². The number of nitro benzene ring substituents is 1. The van der Waals surface area contributed by atoms with E-state index in [-0.39, 0.29) is 23.3 Å². The second-order valence-electron chi connectivity index (χ2n) is 3.40.